The Kier molecular flexibility index (Phi) is 3.78. The second kappa shape index (κ2) is 5.30. The van der Waals surface area contributed by atoms with Crippen LogP contribution in [0.1, 0.15) is 37.8 Å². The molecule has 3 heteroatoms. The zero-order chi connectivity index (χ0) is 11.4. The molecule has 1 unspecified atom stereocenters. The van der Waals surface area contributed by atoms with Gasteiger partial charge in [-0.05, 0) is 36.9 Å². The van der Waals surface area contributed by atoms with Gasteiger partial charge in [-0.1, -0.05) is 13.3 Å². The van der Waals surface area contributed by atoms with Gasteiger partial charge in [-0.2, -0.15) is 0 Å². The van der Waals surface area contributed by atoms with Crippen molar-refractivity contribution in [2.75, 3.05) is 13.7 Å². The second-order valence-electron chi connectivity index (χ2n) is 4.38. The van der Waals surface area contributed by atoms with Gasteiger partial charge in [0.05, 0.1) is 13.3 Å². The van der Waals surface area contributed by atoms with E-state index < -0.39 is 0 Å². The lowest BCUT2D eigenvalue weighted by atomic mass is 9.77. The molecule has 0 bridgehead atoms. The molecular formula is C13H20N2O. The normalized spacial score (nSPS) is 17.9. The number of methoxy groups -OCH3 is 1. The number of hydrogen-bond donors (Lipinski definition) is 1. The minimum Gasteiger partial charge on any atom is -0.495 e. The molecule has 0 saturated heterocycles. The Balaban J connectivity index is 2.16. The molecule has 0 aromatic carbocycles. The molecule has 1 aliphatic carbocycles. The number of rotatable bonds is 5. The number of hydrogen-bond acceptors (Lipinski definition) is 3. The summed E-state index contributed by atoms with van der Waals surface area (Å²) in [6.45, 7) is 3.15. The van der Waals surface area contributed by atoms with Crippen LogP contribution in [0.4, 0.5) is 0 Å². The summed E-state index contributed by atoms with van der Waals surface area (Å²) in [5, 5.41) is 3.56. The van der Waals surface area contributed by atoms with Crippen LogP contribution < -0.4 is 10.1 Å². The smallest absolute Gasteiger partial charge is 0.137 e. The van der Waals surface area contributed by atoms with Crippen molar-refractivity contribution in [1.29, 1.82) is 0 Å². The Labute approximate surface area is 97.2 Å². The predicted octanol–water partition coefficient (Wildman–Crippen LogP) is 2.54. The van der Waals surface area contributed by atoms with Crippen molar-refractivity contribution < 1.29 is 4.74 Å². The maximum absolute atomic E-state index is 5.22. The molecule has 88 valence electrons. The third kappa shape index (κ3) is 2.35. The molecule has 2 rings (SSSR count). The van der Waals surface area contributed by atoms with Crippen molar-refractivity contribution in [2.24, 2.45) is 5.92 Å². The van der Waals surface area contributed by atoms with E-state index in [1.807, 2.05) is 6.20 Å². The summed E-state index contributed by atoms with van der Waals surface area (Å²) in [6, 6.07) is 2.54. The van der Waals surface area contributed by atoms with Gasteiger partial charge in [-0.3, -0.25) is 4.98 Å². The highest BCUT2D eigenvalue weighted by Gasteiger charge is 2.28. The molecule has 1 aromatic heterocycles. The first kappa shape index (κ1) is 11.4. The Morgan fingerprint density at radius 2 is 2.31 bits per heavy atom. The molecule has 0 aliphatic heterocycles. The minimum atomic E-state index is 0.446. The Hall–Kier alpha value is -1.09. The summed E-state index contributed by atoms with van der Waals surface area (Å²) in [5.41, 5.74) is 1.26. The molecule has 1 aliphatic rings. The fourth-order valence-corrected chi connectivity index (χ4v) is 2.27. The molecule has 3 nitrogen and oxygen atoms in total. The van der Waals surface area contributed by atoms with Gasteiger partial charge in [0.25, 0.3) is 0 Å². The fourth-order valence-electron chi connectivity index (χ4n) is 2.27. The van der Waals surface area contributed by atoms with E-state index in [1.54, 1.807) is 13.3 Å². The number of ether oxygens (including phenoxy) is 1. The lowest BCUT2D eigenvalue weighted by Crippen LogP contribution is -2.32. The van der Waals surface area contributed by atoms with Crippen LogP contribution in [0.2, 0.25) is 0 Å². The van der Waals surface area contributed by atoms with Crippen LogP contribution in [0.3, 0.4) is 0 Å². The number of pyridine rings is 1. The van der Waals surface area contributed by atoms with Gasteiger partial charge in [0.1, 0.15) is 5.75 Å². The molecule has 0 amide bonds. The van der Waals surface area contributed by atoms with Crippen molar-refractivity contribution in [2.45, 2.75) is 32.2 Å². The summed E-state index contributed by atoms with van der Waals surface area (Å²) in [5.74, 6) is 1.62. The van der Waals surface area contributed by atoms with Gasteiger partial charge in [-0.15, -0.1) is 0 Å². The van der Waals surface area contributed by atoms with Gasteiger partial charge < -0.3 is 10.1 Å². The quantitative estimate of drug-likeness (QED) is 0.828. The first-order valence-electron chi connectivity index (χ1n) is 6.07. The topological polar surface area (TPSA) is 34.2 Å². The van der Waals surface area contributed by atoms with Crippen LogP contribution in [-0.2, 0) is 0 Å². The van der Waals surface area contributed by atoms with Crippen LogP contribution in [-0.4, -0.2) is 18.6 Å². The maximum atomic E-state index is 5.22. The van der Waals surface area contributed by atoms with Crippen molar-refractivity contribution >= 4 is 0 Å². The number of nitrogens with zero attached hydrogens (tertiary/aromatic N) is 1. The molecule has 1 saturated carbocycles. The molecular weight excluding hydrogens is 200 g/mol. The average Bonchev–Trinajstić information content (AvgIpc) is 2.26. The highest BCUT2D eigenvalue weighted by Crippen LogP contribution is 2.38. The van der Waals surface area contributed by atoms with E-state index >= 15 is 0 Å². The van der Waals surface area contributed by atoms with E-state index in [0.717, 1.165) is 18.2 Å². The first-order chi connectivity index (χ1) is 7.85. The van der Waals surface area contributed by atoms with Crippen molar-refractivity contribution in [3.8, 4) is 5.75 Å². The summed E-state index contributed by atoms with van der Waals surface area (Å²) >= 11 is 0. The molecule has 1 heterocycles. The summed E-state index contributed by atoms with van der Waals surface area (Å²) in [4.78, 5) is 4.23. The first-order valence-corrected chi connectivity index (χ1v) is 6.07. The summed E-state index contributed by atoms with van der Waals surface area (Å²) < 4.78 is 5.22. The van der Waals surface area contributed by atoms with Gasteiger partial charge in [-0.25, -0.2) is 0 Å². The Bertz CT molecular complexity index is 336. The van der Waals surface area contributed by atoms with Crippen molar-refractivity contribution in [3.63, 3.8) is 0 Å². The van der Waals surface area contributed by atoms with Crippen LogP contribution >= 0.6 is 0 Å². The van der Waals surface area contributed by atoms with E-state index in [-0.39, 0.29) is 0 Å². The fraction of sp³-hybridized carbons (Fsp3) is 0.615. The standard InChI is InChI=1S/C13H20N2O/c1-3-15-13(10-5-4-6-10)11-7-12(16-2)9-14-8-11/h7-10,13,15H,3-6H2,1-2H3. The molecule has 0 spiro atoms. The summed E-state index contributed by atoms with van der Waals surface area (Å²) in [7, 11) is 1.69. The van der Waals surface area contributed by atoms with Crippen LogP contribution in [0.25, 0.3) is 0 Å². The highest BCUT2D eigenvalue weighted by atomic mass is 16.5. The van der Waals surface area contributed by atoms with Gasteiger partial charge in [0.2, 0.25) is 0 Å². The third-order valence-electron chi connectivity index (χ3n) is 3.37. The SMILES string of the molecule is CCNC(c1cncc(OC)c1)C1CCC1. The van der Waals surface area contributed by atoms with Gasteiger partial charge >= 0.3 is 0 Å². The molecule has 1 atom stereocenters. The minimum absolute atomic E-state index is 0.446. The largest absolute Gasteiger partial charge is 0.495 e. The maximum Gasteiger partial charge on any atom is 0.137 e. The van der Waals surface area contributed by atoms with Crippen LogP contribution in [0.15, 0.2) is 18.5 Å². The second-order valence-corrected chi connectivity index (χ2v) is 4.38. The molecule has 1 fully saturated rings. The van der Waals surface area contributed by atoms with Crippen molar-refractivity contribution in [1.82, 2.24) is 10.3 Å². The molecule has 1 N–H and O–H groups in total. The molecule has 16 heavy (non-hydrogen) atoms. The van der Waals surface area contributed by atoms with E-state index in [0.29, 0.717) is 6.04 Å². The highest BCUT2D eigenvalue weighted by molar-refractivity contribution is 5.26. The zero-order valence-electron chi connectivity index (χ0n) is 10.1. The Morgan fingerprint density at radius 3 is 2.88 bits per heavy atom. The zero-order valence-corrected chi connectivity index (χ0v) is 10.1. The van der Waals surface area contributed by atoms with Crippen LogP contribution in [0.5, 0.6) is 5.75 Å². The summed E-state index contributed by atoms with van der Waals surface area (Å²) in [6.07, 6.45) is 7.73. The number of nitrogens with one attached hydrogen (secondary N) is 1. The van der Waals surface area contributed by atoms with E-state index in [9.17, 15) is 0 Å². The van der Waals surface area contributed by atoms with E-state index in [4.69, 9.17) is 4.74 Å². The molecule has 0 radical (unpaired) electrons. The van der Waals surface area contributed by atoms with E-state index in [2.05, 4.69) is 23.3 Å². The average molecular weight is 220 g/mol. The van der Waals surface area contributed by atoms with Crippen LogP contribution in [0, 0.1) is 5.92 Å². The monoisotopic (exact) mass is 220 g/mol. The Morgan fingerprint density at radius 1 is 1.50 bits per heavy atom. The lowest BCUT2D eigenvalue weighted by Gasteiger charge is -2.34. The molecule has 1 aromatic rings. The number of aromatic nitrogens is 1. The predicted molar refractivity (Wildman–Crippen MR) is 64.5 cm³/mol. The lowest BCUT2D eigenvalue weighted by molar-refractivity contribution is 0.232. The van der Waals surface area contributed by atoms with Gasteiger partial charge in [0.15, 0.2) is 0 Å². The van der Waals surface area contributed by atoms with E-state index in [1.165, 1.54) is 24.8 Å². The third-order valence-corrected chi connectivity index (χ3v) is 3.37. The van der Waals surface area contributed by atoms with Crippen molar-refractivity contribution in [3.05, 3.63) is 24.0 Å². The van der Waals surface area contributed by atoms with Gasteiger partial charge in [0, 0.05) is 12.2 Å².